The second-order valence-electron chi connectivity index (χ2n) is 5.41. The number of rotatable bonds is 4. The van der Waals surface area contributed by atoms with Crippen LogP contribution in [0.4, 0.5) is 5.69 Å². The molecule has 1 rings (SSSR count). The van der Waals surface area contributed by atoms with Crippen LogP contribution in [-0.4, -0.2) is 10.9 Å². The topological polar surface area (TPSA) is 69.4 Å². The fourth-order valence-corrected chi connectivity index (χ4v) is 1.75. The van der Waals surface area contributed by atoms with E-state index in [-0.39, 0.29) is 22.8 Å². The van der Waals surface area contributed by atoms with Crippen molar-refractivity contribution in [2.75, 3.05) is 0 Å². The highest BCUT2D eigenvalue weighted by molar-refractivity contribution is 5.72. The minimum Gasteiger partial charge on any atom is -0.426 e. The van der Waals surface area contributed by atoms with Gasteiger partial charge in [-0.25, -0.2) is 0 Å². The number of esters is 1. The van der Waals surface area contributed by atoms with E-state index in [4.69, 9.17) is 4.74 Å². The van der Waals surface area contributed by atoms with E-state index in [1.165, 1.54) is 6.07 Å². The molecule has 0 aromatic heterocycles. The molecule has 5 heteroatoms. The summed E-state index contributed by atoms with van der Waals surface area (Å²) in [6.07, 6.45) is 0.982. The van der Waals surface area contributed by atoms with Crippen LogP contribution in [-0.2, 0) is 10.2 Å². The first-order chi connectivity index (χ1) is 8.75. The van der Waals surface area contributed by atoms with Gasteiger partial charge in [0, 0.05) is 12.0 Å². The van der Waals surface area contributed by atoms with Crippen molar-refractivity contribution in [3.8, 4) is 5.75 Å². The van der Waals surface area contributed by atoms with Crippen LogP contribution in [0.5, 0.6) is 5.75 Å². The van der Waals surface area contributed by atoms with Crippen LogP contribution in [0.25, 0.3) is 0 Å². The molecule has 0 saturated heterocycles. The lowest BCUT2D eigenvalue weighted by Gasteiger charge is -2.19. The van der Waals surface area contributed by atoms with E-state index in [2.05, 4.69) is 0 Å². The highest BCUT2D eigenvalue weighted by atomic mass is 16.6. The molecule has 0 saturated carbocycles. The number of carbonyl (C=O) groups excluding carboxylic acids is 1. The van der Waals surface area contributed by atoms with Gasteiger partial charge in [-0.05, 0) is 24.0 Å². The van der Waals surface area contributed by atoms with E-state index in [0.29, 0.717) is 18.4 Å². The molecule has 0 fully saturated rings. The van der Waals surface area contributed by atoms with Crippen molar-refractivity contribution in [3.63, 3.8) is 0 Å². The average Bonchev–Trinajstić information content (AvgIpc) is 2.27. The van der Waals surface area contributed by atoms with Gasteiger partial charge in [0.25, 0.3) is 5.69 Å². The van der Waals surface area contributed by atoms with Crippen molar-refractivity contribution >= 4 is 11.7 Å². The van der Waals surface area contributed by atoms with Crippen LogP contribution in [0.15, 0.2) is 18.2 Å². The predicted octanol–water partition coefficient (Wildman–Crippen LogP) is 3.60. The maximum Gasteiger partial charge on any atom is 0.311 e. The van der Waals surface area contributed by atoms with Crippen LogP contribution < -0.4 is 4.74 Å². The molecule has 0 aliphatic rings. The first-order valence-electron chi connectivity index (χ1n) is 6.25. The first kappa shape index (κ1) is 15.1. The van der Waals surface area contributed by atoms with Crippen LogP contribution in [0, 0.1) is 10.1 Å². The van der Waals surface area contributed by atoms with Gasteiger partial charge in [-0.2, -0.15) is 0 Å². The number of carbonyl (C=O) groups is 1. The Hall–Kier alpha value is -1.91. The molecular weight excluding hydrogens is 246 g/mol. The van der Waals surface area contributed by atoms with E-state index in [1.807, 2.05) is 27.7 Å². The minimum atomic E-state index is -0.447. The van der Waals surface area contributed by atoms with E-state index in [0.717, 1.165) is 0 Å². The smallest absolute Gasteiger partial charge is 0.311 e. The van der Waals surface area contributed by atoms with Gasteiger partial charge in [0.15, 0.2) is 0 Å². The highest BCUT2D eigenvalue weighted by Gasteiger charge is 2.25. The Balaban J connectivity index is 3.10. The lowest BCUT2D eigenvalue weighted by Crippen LogP contribution is -2.14. The molecule has 1 aromatic rings. The summed E-state index contributed by atoms with van der Waals surface area (Å²) < 4.78 is 5.07. The van der Waals surface area contributed by atoms with E-state index in [9.17, 15) is 14.9 Å². The number of benzene rings is 1. The summed E-state index contributed by atoms with van der Waals surface area (Å²) >= 11 is 0. The number of nitro benzene ring substituents is 1. The summed E-state index contributed by atoms with van der Waals surface area (Å²) in [5, 5.41) is 11.1. The Labute approximate surface area is 112 Å². The number of nitrogens with zero attached hydrogens (tertiary/aromatic N) is 1. The second kappa shape index (κ2) is 5.82. The lowest BCUT2D eigenvalue weighted by atomic mass is 9.86. The van der Waals surface area contributed by atoms with Gasteiger partial charge in [-0.1, -0.05) is 27.7 Å². The van der Waals surface area contributed by atoms with Crippen molar-refractivity contribution in [1.29, 1.82) is 0 Å². The molecule has 0 aliphatic heterocycles. The molecule has 19 heavy (non-hydrogen) atoms. The molecule has 0 bridgehead atoms. The van der Waals surface area contributed by atoms with E-state index < -0.39 is 4.92 Å². The van der Waals surface area contributed by atoms with Crippen LogP contribution in [0.2, 0.25) is 0 Å². The maximum absolute atomic E-state index is 11.4. The minimum absolute atomic E-state index is 0.0192. The third-order valence-corrected chi connectivity index (χ3v) is 2.66. The predicted molar refractivity (Wildman–Crippen MR) is 72.3 cm³/mol. The normalized spacial score (nSPS) is 11.2. The summed E-state index contributed by atoms with van der Waals surface area (Å²) in [5.41, 5.74) is 0.260. The molecule has 0 spiro atoms. The summed E-state index contributed by atoms with van der Waals surface area (Å²) in [5.74, 6) is -0.154. The molecule has 0 radical (unpaired) electrons. The van der Waals surface area contributed by atoms with Gasteiger partial charge < -0.3 is 4.74 Å². The number of hydrogen-bond acceptors (Lipinski definition) is 4. The van der Waals surface area contributed by atoms with Crippen LogP contribution in [0.1, 0.15) is 46.1 Å². The second-order valence-corrected chi connectivity index (χ2v) is 5.41. The molecule has 5 nitrogen and oxygen atoms in total. The van der Waals surface area contributed by atoms with Gasteiger partial charge >= 0.3 is 5.97 Å². The molecule has 0 aliphatic carbocycles. The van der Waals surface area contributed by atoms with Crippen molar-refractivity contribution in [2.45, 2.75) is 46.0 Å². The summed E-state index contributed by atoms with van der Waals surface area (Å²) in [6.45, 7) is 7.57. The fraction of sp³-hybridized carbons (Fsp3) is 0.500. The molecule has 0 amide bonds. The largest absolute Gasteiger partial charge is 0.426 e. The maximum atomic E-state index is 11.4. The monoisotopic (exact) mass is 265 g/mol. The zero-order valence-corrected chi connectivity index (χ0v) is 11.7. The SMILES string of the molecule is CCCC(=O)Oc1ccc(C(C)(C)C)c([N+](=O)[O-])c1. The number of nitro groups is 1. The summed E-state index contributed by atoms with van der Waals surface area (Å²) in [4.78, 5) is 22.0. The van der Waals surface area contributed by atoms with Gasteiger partial charge in [0.05, 0.1) is 11.0 Å². The van der Waals surface area contributed by atoms with Gasteiger partial charge in [0.2, 0.25) is 0 Å². The molecule has 1 aromatic carbocycles. The fourth-order valence-electron chi connectivity index (χ4n) is 1.75. The third kappa shape index (κ3) is 4.05. The highest BCUT2D eigenvalue weighted by Crippen LogP contribution is 2.33. The van der Waals surface area contributed by atoms with Crippen molar-refractivity contribution in [1.82, 2.24) is 0 Å². The Bertz CT molecular complexity index is 489. The molecule has 0 N–H and O–H groups in total. The summed E-state index contributed by atoms with van der Waals surface area (Å²) in [7, 11) is 0. The van der Waals surface area contributed by atoms with Crippen LogP contribution >= 0.6 is 0 Å². The van der Waals surface area contributed by atoms with Gasteiger partial charge in [0.1, 0.15) is 5.75 Å². The van der Waals surface area contributed by atoms with E-state index in [1.54, 1.807) is 12.1 Å². The van der Waals surface area contributed by atoms with E-state index >= 15 is 0 Å². The molecule has 0 heterocycles. The molecular formula is C14H19NO4. The lowest BCUT2D eigenvalue weighted by molar-refractivity contribution is -0.386. The van der Waals surface area contributed by atoms with Crippen LogP contribution in [0.3, 0.4) is 0 Å². The number of hydrogen-bond donors (Lipinski definition) is 0. The van der Waals surface area contributed by atoms with Gasteiger partial charge in [-0.3, -0.25) is 14.9 Å². The summed E-state index contributed by atoms with van der Waals surface area (Å²) in [6, 6.07) is 4.56. The third-order valence-electron chi connectivity index (χ3n) is 2.66. The Kier molecular flexibility index (Phi) is 4.64. The molecule has 104 valence electrons. The van der Waals surface area contributed by atoms with Gasteiger partial charge in [-0.15, -0.1) is 0 Å². The zero-order valence-electron chi connectivity index (χ0n) is 11.7. The van der Waals surface area contributed by atoms with Crippen molar-refractivity contribution in [2.24, 2.45) is 0 Å². The standard InChI is InChI=1S/C14H19NO4/c1-5-6-13(16)19-10-7-8-11(14(2,3)4)12(9-10)15(17)18/h7-9H,5-6H2,1-4H3. The quantitative estimate of drug-likeness (QED) is 0.361. The average molecular weight is 265 g/mol. The molecule has 0 unspecified atom stereocenters. The molecule has 0 atom stereocenters. The Morgan fingerprint density at radius 1 is 1.37 bits per heavy atom. The Morgan fingerprint density at radius 3 is 2.47 bits per heavy atom. The zero-order chi connectivity index (χ0) is 14.6. The van der Waals surface area contributed by atoms with Crippen molar-refractivity contribution in [3.05, 3.63) is 33.9 Å². The number of ether oxygens (including phenoxy) is 1. The van der Waals surface area contributed by atoms with Crippen molar-refractivity contribution < 1.29 is 14.5 Å². The first-order valence-corrected chi connectivity index (χ1v) is 6.25. The Morgan fingerprint density at radius 2 is 2.00 bits per heavy atom.